The third-order valence-electron chi connectivity index (χ3n) is 3.36. The fourth-order valence-electron chi connectivity index (χ4n) is 2.51. The van der Waals surface area contributed by atoms with Crippen LogP contribution in [0.4, 0.5) is 0 Å². The molecule has 1 N–H and O–H groups in total. The van der Waals surface area contributed by atoms with Gasteiger partial charge in [0.2, 0.25) is 5.56 Å². The van der Waals surface area contributed by atoms with Crippen molar-refractivity contribution in [3.05, 3.63) is 34.2 Å². The second-order valence-corrected chi connectivity index (χ2v) is 4.61. The van der Waals surface area contributed by atoms with Gasteiger partial charge in [0.1, 0.15) is 0 Å². The Bertz CT molecular complexity index is 464. The number of H-pyrrole nitrogens is 1. The highest BCUT2D eigenvalue weighted by Gasteiger charge is 2.35. The maximum absolute atomic E-state index is 12.2. The summed E-state index contributed by atoms with van der Waals surface area (Å²) in [6, 6.07) is 2.95. The Morgan fingerprint density at radius 3 is 2.59 bits per heavy atom. The van der Waals surface area contributed by atoms with Crippen molar-refractivity contribution >= 4 is 5.91 Å². The topological polar surface area (TPSA) is 62.4 Å². The van der Waals surface area contributed by atoms with Gasteiger partial charge in [0.15, 0.2) is 0 Å². The summed E-state index contributed by atoms with van der Waals surface area (Å²) in [5.41, 5.74) is 0.342. The second-order valence-electron chi connectivity index (χ2n) is 4.61. The van der Waals surface area contributed by atoms with E-state index in [1.54, 1.807) is 6.07 Å². The quantitative estimate of drug-likeness (QED) is 0.764. The van der Waals surface area contributed by atoms with Crippen LogP contribution >= 0.6 is 0 Å². The summed E-state index contributed by atoms with van der Waals surface area (Å²) in [5, 5.41) is 0. The highest BCUT2D eigenvalue weighted by atomic mass is 16.5. The molecule has 1 amide bonds. The zero-order valence-corrected chi connectivity index (χ0v) is 9.39. The Balaban J connectivity index is 1.78. The molecule has 2 bridgehead atoms. The van der Waals surface area contributed by atoms with Crippen molar-refractivity contribution in [3.8, 4) is 0 Å². The fraction of sp³-hybridized carbons (Fsp3) is 0.500. The first-order chi connectivity index (χ1) is 8.22. The molecule has 3 rings (SSSR count). The van der Waals surface area contributed by atoms with E-state index in [1.807, 2.05) is 4.90 Å². The number of rotatable bonds is 1. The van der Waals surface area contributed by atoms with E-state index >= 15 is 0 Å². The van der Waals surface area contributed by atoms with Crippen molar-refractivity contribution in [1.82, 2.24) is 9.88 Å². The van der Waals surface area contributed by atoms with Crippen LogP contribution in [0.15, 0.2) is 23.1 Å². The van der Waals surface area contributed by atoms with Crippen molar-refractivity contribution in [2.45, 2.75) is 25.0 Å². The summed E-state index contributed by atoms with van der Waals surface area (Å²) in [4.78, 5) is 27.5. The zero-order valence-electron chi connectivity index (χ0n) is 9.39. The van der Waals surface area contributed by atoms with E-state index in [2.05, 4.69) is 4.98 Å². The van der Waals surface area contributed by atoms with Gasteiger partial charge in [-0.25, -0.2) is 0 Å². The molecule has 0 radical (unpaired) electrons. The van der Waals surface area contributed by atoms with Gasteiger partial charge in [-0.15, -0.1) is 0 Å². The summed E-state index contributed by atoms with van der Waals surface area (Å²) < 4.78 is 5.68. The van der Waals surface area contributed by atoms with E-state index in [9.17, 15) is 9.59 Å². The Morgan fingerprint density at radius 1 is 1.29 bits per heavy atom. The first-order valence-electron chi connectivity index (χ1n) is 5.86. The molecule has 0 aliphatic carbocycles. The highest BCUT2D eigenvalue weighted by molar-refractivity contribution is 5.94. The average molecular weight is 234 g/mol. The third kappa shape index (κ3) is 1.98. The maximum Gasteiger partial charge on any atom is 0.255 e. The van der Waals surface area contributed by atoms with Crippen LogP contribution in [0.5, 0.6) is 0 Å². The van der Waals surface area contributed by atoms with Gasteiger partial charge in [-0.2, -0.15) is 0 Å². The number of nitrogens with one attached hydrogen (secondary N) is 1. The molecule has 2 aliphatic heterocycles. The Morgan fingerprint density at radius 2 is 2.00 bits per heavy atom. The molecule has 0 aromatic carbocycles. The predicted molar refractivity (Wildman–Crippen MR) is 60.9 cm³/mol. The number of hydrogen-bond acceptors (Lipinski definition) is 3. The molecule has 5 nitrogen and oxygen atoms in total. The first kappa shape index (κ1) is 10.5. The minimum absolute atomic E-state index is 0.0264. The lowest BCUT2D eigenvalue weighted by Crippen LogP contribution is -2.45. The van der Waals surface area contributed by atoms with Gasteiger partial charge in [0.05, 0.1) is 17.8 Å². The fourth-order valence-corrected chi connectivity index (χ4v) is 2.51. The number of aromatic nitrogens is 1. The standard InChI is InChI=1S/C12H14N2O3/c15-11-4-1-8(5-13-11)12(16)14-6-9-2-3-10(7-14)17-9/h1,4-5,9-10H,2-3,6-7H2,(H,13,15). The summed E-state index contributed by atoms with van der Waals surface area (Å²) in [6.07, 6.45) is 3.95. The lowest BCUT2D eigenvalue weighted by atomic mass is 10.2. The molecule has 3 heterocycles. The van der Waals surface area contributed by atoms with E-state index < -0.39 is 0 Å². The van der Waals surface area contributed by atoms with Crippen molar-refractivity contribution in [1.29, 1.82) is 0 Å². The maximum atomic E-state index is 12.2. The minimum Gasteiger partial charge on any atom is -0.371 e. The van der Waals surface area contributed by atoms with Gasteiger partial charge < -0.3 is 14.6 Å². The monoisotopic (exact) mass is 234 g/mol. The third-order valence-corrected chi connectivity index (χ3v) is 3.36. The van der Waals surface area contributed by atoms with Crippen molar-refractivity contribution in [2.75, 3.05) is 13.1 Å². The van der Waals surface area contributed by atoms with Crippen LogP contribution in [0, 0.1) is 0 Å². The lowest BCUT2D eigenvalue weighted by molar-refractivity contribution is -0.0303. The number of aromatic amines is 1. The lowest BCUT2D eigenvalue weighted by Gasteiger charge is -2.32. The molecule has 0 saturated carbocycles. The average Bonchev–Trinajstić information content (AvgIpc) is 2.68. The SMILES string of the molecule is O=C(c1ccc(=O)[nH]c1)N1CC2CCC(C1)O2. The number of fused-ring (bicyclic) bond motifs is 2. The molecule has 5 heteroatoms. The molecule has 2 fully saturated rings. The van der Waals surface area contributed by atoms with E-state index in [1.165, 1.54) is 12.3 Å². The molecule has 17 heavy (non-hydrogen) atoms. The highest BCUT2D eigenvalue weighted by Crippen LogP contribution is 2.26. The van der Waals surface area contributed by atoms with Gasteiger partial charge in [-0.05, 0) is 18.9 Å². The number of likely N-dealkylation sites (tertiary alicyclic amines) is 1. The number of amides is 1. The van der Waals surface area contributed by atoms with Crippen molar-refractivity contribution in [3.63, 3.8) is 0 Å². The largest absolute Gasteiger partial charge is 0.371 e. The van der Waals surface area contributed by atoms with Crippen molar-refractivity contribution in [2.24, 2.45) is 0 Å². The zero-order chi connectivity index (χ0) is 11.8. The number of hydrogen-bond donors (Lipinski definition) is 1. The smallest absolute Gasteiger partial charge is 0.255 e. The number of nitrogens with zero attached hydrogens (tertiary/aromatic N) is 1. The van der Waals surface area contributed by atoms with Gasteiger partial charge in [-0.1, -0.05) is 0 Å². The molecule has 1 aromatic heterocycles. The number of carbonyl (C=O) groups excluding carboxylic acids is 1. The minimum atomic E-state index is -0.191. The van der Waals surface area contributed by atoms with Crippen LogP contribution in [0.1, 0.15) is 23.2 Å². The normalized spacial score (nSPS) is 27.2. The summed E-state index contributed by atoms with van der Waals surface area (Å²) in [5.74, 6) is -0.0264. The Hall–Kier alpha value is -1.62. The van der Waals surface area contributed by atoms with Gasteiger partial charge in [0, 0.05) is 25.4 Å². The molecule has 1 aromatic rings. The van der Waals surface area contributed by atoms with E-state index in [0.717, 1.165) is 12.8 Å². The molecule has 90 valence electrons. The van der Waals surface area contributed by atoms with Crippen LogP contribution in [0.25, 0.3) is 0 Å². The number of ether oxygens (including phenoxy) is 1. The summed E-state index contributed by atoms with van der Waals surface area (Å²) in [6.45, 7) is 1.32. The van der Waals surface area contributed by atoms with E-state index in [0.29, 0.717) is 18.7 Å². The molecule has 2 saturated heterocycles. The van der Waals surface area contributed by atoms with Crippen LogP contribution < -0.4 is 5.56 Å². The van der Waals surface area contributed by atoms with Crippen LogP contribution in [-0.4, -0.2) is 41.1 Å². The number of carbonyl (C=O) groups is 1. The Labute approximate surface area is 98.4 Å². The number of pyridine rings is 1. The van der Waals surface area contributed by atoms with Gasteiger partial charge in [-0.3, -0.25) is 9.59 Å². The van der Waals surface area contributed by atoms with Crippen LogP contribution in [-0.2, 0) is 4.74 Å². The molecule has 0 spiro atoms. The molecular formula is C12H14N2O3. The predicted octanol–water partition coefficient (Wildman–Crippen LogP) is 0.378. The number of morpholine rings is 1. The van der Waals surface area contributed by atoms with Crippen LogP contribution in [0.2, 0.25) is 0 Å². The van der Waals surface area contributed by atoms with E-state index in [-0.39, 0.29) is 23.7 Å². The summed E-state index contributed by atoms with van der Waals surface area (Å²) >= 11 is 0. The summed E-state index contributed by atoms with van der Waals surface area (Å²) in [7, 11) is 0. The van der Waals surface area contributed by atoms with Gasteiger partial charge in [0.25, 0.3) is 5.91 Å². The molecule has 2 atom stereocenters. The van der Waals surface area contributed by atoms with Crippen LogP contribution in [0.3, 0.4) is 0 Å². The second kappa shape index (κ2) is 4.00. The van der Waals surface area contributed by atoms with Crippen molar-refractivity contribution < 1.29 is 9.53 Å². The molecular weight excluding hydrogens is 220 g/mol. The van der Waals surface area contributed by atoms with E-state index in [4.69, 9.17) is 4.74 Å². The Kier molecular flexibility index (Phi) is 2.48. The first-order valence-corrected chi connectivity index (χ1v) is 5.86. The molecule has 2 aliphatic rings. The van der Waals surface area contributed by atoms with Gasteiger partial charge >= 0.3 is 0 Å². The molecule has 2 unspecified atom stereocenters.